The van der Waals surface area contributed by atoms with Gasteiger partial charge in [0.2, 0.25) is 11.4 Å². The lowest BCUT2D eigenvalue weighted by molar-refractivity contribution is -0.384. The zero-order valence-electron chi connectivity index (χ0n) is 18.3. The molecule has 1 fully saturated rings. The molecule has 2 aromatic heterocycles. The number of aromatic nitrogens is 2. The number of non-ortho nitro benzene ring substituents is 1. The summed E-state index contributed by atoms with van der Waals surface area (Å²) in [7, 11) is -3.23. The molecule has 5 rings (SSSR count). The molecule has 3 aromatic rings. The van der Waals surface area contributed by atoms with Gasteiger partial charge < -0.3 is 14.1 Å². The molecule has 0 aliphatic carbocycles. The summed E-state index contributed by atoms with van der Waals surface area (Å²) in [5.41, 5.74) is 3.50. The number of nitro groups is 1. The Morgan fingerprint density at radius 3 is 2.80 bits per heavy atom. The highest BCUT2D eigenvalue weighted by atomic mass is 32.2. The molecule has 13 nitrogen and oxygen atoms in total. The zero-order valence-corrected chi connectivity index (χ0v) is 19.2. The van der Waals surface area contributed by atoms with Gasteiger partial charge in [0.25, 0.3) is 5.69 Å². The summed E-state index contributed by atoms with van der Waals surface area (Å²) in [4.78, 5) is 34.1. The van der Waals surface area contributed by atoms with Crippen LogP contribution in [-0.4, -0.2) is 61.6 Å². The summed E-state index contributed by atoms with van der Waals surface area (Å²) in [5, 5.41) is 15.1. The molecular weight excluding hydrogens is 480 g/mol. The average Bonchev–Trinajstić information content (AvgIpc) is 2.85. The van der Waals surface area contributed by atoms with E-state index in [9.17, 15) is 23.3 Å². The molecule has 0 spiro atoms. The van der Waals surface area contributed by atoms with Crippen molar-refractivity contribution in [1.29, 1.82) is 0 Å². The number of nitrogens with one attached hydrogen (secondary N) is 1. The minimum absolute atomic E-state index is 0.00649. The van der Waals surface area contributed by atoms with Gasteiger partial charge in [-0.15, -0.1) is 0 Å². The van der Waals surface area contributed by atoms with Crippen molar-refractivity contribution in [3.05, 3.63) is 61.6 Å². The van der Waals surface area contributed by atoms with E-state index in [0.717, 1.165) is 6.07 Å². The van der Waals surface area contributed by atoms with Gasteiger partial charge in [0.1, 0.15) is 17.7 Å². The Morgan fingerprint density at radius 2 is 2.03 bits per heavy atom. The fraction of sp³-hybridized carbons (Fsp3) is 0.333. The third kappa shape index (κ3) is 4.70. The Hall–Kier alpha value is -3.91. The molecule has 0 atom stereocenters. The van der Waals surface area contributed by atoms with Crippen LogP contribution in [0.15, 0.2) is 38.8 Å². The molecule has 0 saturated carbocycles. The highest BCUT2D eigenvalue weighted by Crippen LogP contribution is 2.29. The highest BCUT2D eigenvalue weighted by Gasteiger charge is 2.29. The topological polar surface area (TPSA) is 170 Å². The number of hydrazone groups is 1. The number of ether oxygens (including phenoxy) is 1. The third-order valence-corrected chi connectivity index (χ3v) is 7.31. The van der Waals surface area contributed by atoms with E-state index in [1.807, 2.05) is 4.90 Å². The highest BCUT2D eigenvalue weighted by molar-refractivity contribution is 7.90. The van der Waals surface area contributed by atoms with Gasteiger partial charge in [-0.05, 0) is 6.07 Å². The zero-order chi connectivity index (χ0) is 24.6. The second kappa shape index (κ2) is 9.03. The summed E-state index contributed by atoms with van der Waals surface area (Å²) < 4.78 is 35.3. The van der Waals surface area contributed by atoms with E-state index >= 15 is 0 Å². The molecule has 4 heterocycles. The minimum atomic E-state index is -3.23. The molecule has 14 heteroatoms. The van der Waals surface area contributed by atoms with Crippen molar-refractivity contribution in [2.24, 2.45) is 5.10 Å². The number of nitro benzene ring substituents is 1. The number of hydrogen-bond donors (Lipinski definition) is 1. The number of anilines is 2. The van der Waals surface area contributed by atoms with Crippen LogP contribution in [0.5, 0.6) is 0 Å². The smallest absolute Gasteiger partial charge is 0.270 e. The van der Waals surface area contributed by atoms with E-state index in [0.29, 0.717) is 43.4 Å². The van der Waals surface area contributed by atoms with Gasteiger partial charge >= 0.3 is 0 Å². The molecule has 2 aliphatic rings. The molecule has 0 radical (unpaired) electrons. The van der Waals surface area contributed by atoms with Crippen LogP contribution in [0.1, 0.15) is 16.8 Å². The van der Waals surface area contributed by atoms with Crippen molar-refractivity contribution in [1.82, 2.24) is 9.97 Å². The first-order chi connectivity index (χ1) is 16.8. The lowest BCUT2D eigenvalue weighted by Gasteiger charge is -2.31. The van der Waals surface area contributed by atoms with E-state index in [4.69, 9.17) is 9.15 Å². The van der Waals surface area contributed by atoms with Crippen molar-refractivity contribution in [2.45, 2.75) is 12.2 Å². The molecule has 0 bridgehead atoms. The number of fused-ring (bicyclic) bond motifs is 2. The van der Waals surface area contributed by atoms with Crippen LogP contribution >= 0.6 is 0 Å². The van der Waals surface area contributed by atoms with Crippen molar-refractivity contribution >= 4 is 44.5 Å². The van der Waals surface area contributed by atoms with Crippen LogP contribution in [0.2, 0.25) is 0 Å². The first kappa shape index (κ1) is 22.9. The van der Waals surface area contributed by atoms with Crippen molar-refractivity contribution < 1.29 is 22.5 Å². The van der Waals surface area contributed by atoms with E-state index in [2.05, 4.69) is 20.5 Å². The van der Waals surface area contributed by atoms with Crippen LogP contribution in [0.4, 0.5) is 17.5 Å². The van der Waals surface area contributed by atoms with Crippen molar-refractivity contribution in [3.63, 3.8) is 0 Å². The van der Waals surface area contributed by atoms with Crippen LogP contribution < -0.4 is 15.8 Å². The lowest BCUT2D eigenvalue weighted by atomic mass is 10.1. The minimum Gasteiger partial charge on any atom is -0.463 e. The summed E-state index contributed by atoms with van der Waals surface area (Å²) >= 11 is 0. The fourth-order valence-electron chi connectivity index (χ4n) is 4.00. The molecule has 0 amide bonds. The van der Waals surface area contributed by atoms with Crippen LogP contribution in [0.25, 0.3) is 11.0 Å². The third-order valence-electron chi connectivity index (χ3n) is 5.76. The summed E-state index contributed by atoms with van der Waals surface area (Å²) in [5.74, 6) is 0.563. The molecule has 182 valence electrons. The van der Waals surface area contributed by atoms with Gasteiger partial charge in [0, 0.05) is 37.2 Å². The Labute approximate surface area is 198 Å². The van der Waals surface area contributed by atoms with Gasteiger partial charge in [-0.25, -0.2) is 18.8 Å². The molecule has 0 unspecified atom stereocenters. The standard InChI is InChI=1S/C21H20N6O7S/c28-19-13(11-34-18-2-1-14(27(29)30)9-15(18)19)10-22-25-21-23-17-3-8-35(31,32)12-16(17)20(24-21)26-4-6-33-7-5-26/h1-2,9-11H,3-8,12H2,(H,23,24,25)/b22-10+. The predicted octanol–water partition coefficient (Wildman–Crippen LogP) is 1.24. The number of benzene rings is 1. The number of rotatable bonds is 5. The van der Waals surface area contributed by atoms with E-state index in [1.54, 1.807) is 0 Å². The normalized spacial score (nSPS) is 17.4. The largest absolute Gasteiger partial charge is 0.463 e. The SMILES string of the molecule is O=c1c(/C=N/Nc2nc3c(c(N4CCOCC4)n2)CS(=O)(=O)CC3)coc2ccc([N+](=O)[O-])cc12. The van der Waals surface area contributed by atoms with Crippen LogP contribution in [-0.2, 0) is 26.7 Å². The number of sulfone groups is 1. The van der Waals surface area contributed by atoms with Gasteiger partial charge in [-0.3, -0.25) is 14.9 Å². The number of nitrogens with zero attached hydrogens (tertiary/aromatic N) is 5. The first-order valence-electron chi connectivity index (χ1n) is 10.7. The van der Waals surface area contributed by atoms with Gasteiger partial charge in [-0.1, -0.05) is 0 Å². The van der Waals surface area contributed by atoms with Crippen LogP contribution in [0, 0.1) is 10.1 Å². The maximum atomic E-state index is 12.8. The second-order valence-electron chi connectivity index (χ2n) is 8.07. The Morgan fingerprint density at radius 1 is 1.23 bits per heavy atom. The summed E-state index contributed by atoms with van der Waals surface area (Å²) in [6.07, 6.45) is 2.69. The average molecular weight is 500 g/mol. The maximum Gasteiger partial charge on any atom is 0.270 e. The molecule has 1 saturated heterocycles. The Bertz CT molecular complexity index is 1510. The molecule has 35 heavy (non-hydrogen) atoms. The molecule has 2 aliphatic heterocycles. The fourth-order valence-corrected chi connectivity index (χ4v) is 5.38. The Balaban J connectivity index is 1.45. The molecular formula is C21H20N6O7S. The summed E-state index contributed by atoms with van der Waals surface area (Å²) in [6.45, 7) is 2.14. The van der Waals surface area contributed by atoms with Gasteiger partial charge in [-0.2, -0.15) is 10.1 Å². The maximum absolute atomic E-state index is 12.8. The summed E-state index contributed by atoms with van der Waals surface area (Å²) in [6, 6.07) is 3.77. The van der Waals surface area contributed by atoms with E-state index in [1.165, 1.54) is 24.6 Å². The van der Waals surface area contributed by atoms with E-state index in [-0.39, 0.29) is 46.1 Å². The number of morpholine rings is 1. The molecule has 1 N–H and O–H groups in total. The second-order valence-corrected chi connectivity index (χ2v) is 10.2. The van der Waals surface area contributed by atoms with Gasteiger partial charge in [0.15, 0.2) is 9.84 Å². The monoisotopic (exact) mass is 500 g/mol. The first-order valence-corrected chi connectivity index (χ1v) is 12.5. The van der Waals surface area contributed by atoms with E-state index < -0.39 is 20.2 Å². The Kier molecular flexibility index (Phi) is 5.90. The van der Waals surface area contributed by atoms with Crippen molar-refractivity contribution in [3.8, 4) is 0 Å². The van der Waals surface area contributed by atoms with Crippen LogP contribution in [0.3, 0.4) is 0 Å². The predicted molar refractivity (Wildman–Crippen MR) is 127 cm³/mol. The van der Waals surface area contributed by atoms with Crippen molar-refractivity contribution in [2.75, 3.05) is 42.4 Å². The number of hydrogen-bond acceptors (Lipinski definition) is 12. The number of aryl methyl sites for hydroxylation is 1. The quantitative estimate of drug-likeness (QED) is 0.304. The lowest BCUT2D eigenvalue weighted by Crippen LogP contribution is -2.38. The molecule has 1 aromatic carbocycles. The van der Waals surface area contributed by atoms with Gasteiger partial charge in [0.05, 0.1) is 52.5 Å².